The lowest BCUT2D eigenvalue weighted by Gasteiger charge is -2.18. The topological polar surface area (TPSA) is 69.2 Å². The maximum Gasteiger partial charge on any atom is 0.271 e. The van der Waals surface area contributed by atoms with Gasteiger partial charge in [0.25, 0.3) is 5.91 Å². The van der Waals surface area contributed by atoms with E-state index < -0.39 is 0 Å². The Kier molecular flexibility index (Phi) is 6.45. The molecule has 0 saturated heterocycles. The van der Waals surface area contributed by atoms with Crippen LogP contribution in [0, 0.1) is 0 Å². The molecule has 2 aromatic rings. The first-order valence-corrected chi connectivity index (χ1v) is 8.54. The maximum absolute atomic E-state index is 12.4. The highest BCUT2D eigenvalue weighted by Crippen LogP contribution is 2.38. The van der Waals surface area contributed by atoms with Crippen LogP contribution < -0.4 is 19.6 Å². The van der Waals surface area contributed by atoms with Crippen molar-refractivity contribution in [2.24, 2.45) is 5.10 Å². The Balaban J connectivity index is 2.12. The highest BCUT2D eigenvalue weighted by molar-refractivity contribution is 5.96. The largest absolute Gasteiger partial charge is 0.493 e. The van der Waals surface area contributed by atoms with E-state index in [9.17, 15) is 4.79 Å². The minimum absolute atomic E-state index is 0.0936. The fourth-order valence-electron chi connectivity index (χ4n) is 2.51. The molecule has 1 amide bonds. The van der Waals surface area contributed by atoms with Crippen LogP contribution in [0.2, 0.25) is 0 Å². The molecule has 6 nitrogen and oxygen atoms in total. The minimum Gasteiger partial charge on any atom is -0.493 e. The van der Waals surface area contributed by atoms with E-state index in [2.05, 4.69) is 43.4 Å². The smallest absolute Gasteiger partial charge is 0.271 e. The van der Waals surface area contributed by atoms with Gasteiger partial charge >= 0.3 is 0 Å². The van der Waals surface area contributed by atoms with Gasteiger partial charge in [-0.05, 0) is 28.7 Å². The number of hydrogen-bond donors (Lipinski definition) is 1. The molecule has 0 aliphatic carbocycles. The van der Waals surface area contributed by atoms with Crippen molar-refractivity contribution in [2.75, 3.05) is 21.3 Å². The van der Waals surface area contributed by atoms with E-state index in [1.54, 1.807) is 18.3 Å². The number of carbonyl (C=O) groups excluding carboxylic acids is 1. The summed E-state index contributed by atoms with van der Waals surface area (Å²) in [5.74, 6) is 0.864. The Morgan fingerprint density at radius 1 is 0.963 bits per heavy atom. The van der Waals surface area contributed by atoms with Crippen molar-refractivity contribution >= 4 is 12.1 Å². The molecule has 0 atom stereocenters. The Morgan fingerprint density at radius 3 is 1.96 bits per heavy atom. The molecule has 0 bridgehead atoms. The molecule has 0 aromatic heterocycles. The van der Waals surface area contributed by atoms with E-state index in [4.69, 9.17) is 14.2 Å². The highest BCUT2D eigenvalue weighted by Gasteiger charge is 2.16. The number of ether oxygens (including phenoxy) is 3. The summed E-state index contributed by atoms with van der Waals surface area (Å²) in [5.41, 5.74) is 5.09. The number of methoxy groups -OCH3 is 3. The van der Waals surface area contributed by atoms with Crippen LogP contribution in [0.4, 0.5) is 0 Å². The minimum atomic E-state index is -0.378. The Labute approximate surface area is 160 Å². The van der Waals surface area contributed by atoms with Crippen LogP contribution in [-0.2, 0) is 5.41 Å². The zero-order valence-corrected chi connectivity index (χ0v) is 16.6. The van der Waals surface area contributed by atoms with Crippen molar-refractivity contribution in [1.29, 1.82) is 0 Å². The third-order valence-electron chi connectivity index (χ3n) is 4.08. The number of amides is 1. The van der Waals surface area contributed by atoms with Crippen molar-refractivity contribution in [3.05, 3.63) is 53.1 Å². The molecule has 2 rings (SSSR count). The van der Waals surface area contributed by atoms with Gasteiger partial charge in [0.15, 0.2) is 11.5 Å². The summed E-state index contributed by atoms with van der Waals surface area (Å²) in [6, 6.07) is 11.2. The van der Waals surface area contributed by atoms with Gasteiger partial charge in [0.05, 0.1) is 27.5 Å². The van der Waals surface area contributed by atoms with Crippen molar-refractivity contribution < 1.29 is 19.0 Å². The van der Waals surface area contributed by atoms with Crippen LogP contribution in [0.5, 0.6) is 17.2 Å². The second-order valence-electron chi connectivity index (χ2n) is 6.99. The molecule has 0 fully saturated rings. The number of nitrogens with one attached hydrogen (secondary N) is 1. The monoisotopic (exact) mass is 370 g/mol. The third kappa shape index (κ3) is 5.00. The lowest BCUT2D eigenvalue weighted by Crippen LogP contribution is -2.18. The molecule has 6 heteroatoms. The molecule has 27 heavy (non-hydrogen) atoms. The average molecular weight is 370 g/mol. The SMILES string of the molecule is COc1cc(C(=O)N/N=C\c2ccc(C(C)(C)C)cc2)cc(OC)c1OC. The van der Waals surface area contributed by atoms with Crippen molar-refractivity contribution in [1.82, 2.24) is 5.43 Å². The van der Waals surface area contributed by atoms with E-state index in [1.165, 1.54) is 26.9 Å². The molecule has 2 aromatic carbocycles. The number of nitrogens with zero attached hydrogens (tertiary/aromatic N) is 1. The summed E-state index contributed by atoms with van der Waals surface area (Å²) in [4.78, 5) is 12.4. The van der Waals surface area contributed by atoms with Gasteiger partial charge in [0.2, 0.25) is 5.75 Å². The second-order valence-corrected chi connectivity index (χ2v) is 6.99. The summed E-state index contributed by atoms with van der Waals surface area (Å²) in [5, 5.41) is 4.03. The molecule has 0 unspecified atom stereocenters. The molecule has 0 aliphatic heterocycles. The molecule has 0 spiro atoms. The number of hydrogen-bond acceptors (Lipinski definition) is 5. The quantitative estimate of drug-likeness (QED) is 0.621. The molecule has 0 aliphatic rings. The Bertz CT molecular complexity index is 796. The summed E-state index contributed by atoms with van der Waals surface area (Å²) in [7, 11) is 4.51. The Morgan fingerprint density at radius 2 is 1.52 bits per heavy atom. The van der Waals surface area contributed by atoms with Crippen molar-refractivity contribution in [3.63, 3.8) is 0 Å². The number of carbonyl (C=O) groups is 1. The van der Waals surface area contributed by atoms with E-state index in [0.717, 1.165) is 5.56 Å². The van der Waals surface area contributed by atoms with E-state index in [0.29, 0.717) is 22.8 Å². The molecule has 0 radical (unpaired) electrons. The summed E-state index contributed by atoms with van der Waals surface area (Å²) in [6.45, 7) is 6.48. The van der Waals surface area contributed by atoms with Crippen molar-refractivity contribution in [2.45, 2.75) is 26.2 Å². The summed E-state index contributed by atoms with van der Waals surface area (Å²) in [6.07, 6.45) is 1.60. The van der Waals surface area contributed by atoms with Crippen LogP contribution in [0.25, 0.3) is 0 Å². The van der Waals surface area contributed by atoms with Gasteiger partial charge in [-0.25, -0.2) is 5.43 Å². The zero-order chi connectivity index (χ0) is 20.0. The standard InChI is InChI=1S/C21H26N2O4/c1-21(2,3)16-9-7-14(8-10-16)13-22-23-20(24)15-11-17(25-4)19(27-6)18(12-15)26-5/h7-13H,1-6H3,(H,23,24)/b22-13-. The number of benzene rings is 2. The first-order chi connectivity index (χ1) is 12.8. The van der Waals surface area contributed by atoms with Gasteiger partial charge in [-0.15, -0.1) is 0 Å². The fourth-order valence-corrected chi connectivity index (χ4v) is 2.51. The first-order valence-electron chi connectivity index (χ1n) is 8.54. The van der Waals surface area contributed by atoms with Crippen LogP contribution in [0.1, 0.15) is 42.3 Å². The van der Waals surface area contributed by atoms with Crippen LogP contribution in [0.15, 0.2) is 41.5 Å². The first kappa shape index (κ1) is 20.3. The molecule has 0 heterocycles. The zero-order valence-electron chi connectivity index (χ0n) is 16.6. The molecule has 0 saturated carbocycles. The number of rotatable bonds is 6. The van der Waals surface area contributed by atoms with Gasteiger partial charge in [-0.3, -0.25) is 4.79 Å². The fraction of sp³-hybridized carbons (Fsp3) is 0.333. The average Bonchev–Trinajstić information content (AvgIpc) is 2.66. The normalized spacial score (nSPS) is 11.3. The van der Waals surface area contributed by atoms with Gasteiger partial charge in [-0.2, -0.15) is 5.10 Å². The molecule has 1 N–H and O–H groups in total. The van der Waals surface area contributed by atoms with E-state index >= 15 is 0 Å². The summed E-state index contributed by atoms with van der Waals surface area (Å²) >= 11 is 0. The summed E-state index contributed by atoms with van der Waals surface area (Å²) < 4.78 is 15.8. The van der Waals surface area contributed by atoms with Crippen molar-refractivity contribution in [3.8, 4) is 17.2 Å². The third-order valence-corrected chi connectivity index (χ3v) is 4.08. The van der Waals surface area contributed by atoms with Gasteiger partial charge in [0, 0.05) is 5.56 Å². The second kappa shape index (κ2) is 8.58. The maximum atomic E-state index is 12.4. The lowest BCUT2D eigenvalue weighted by molar-refractivity contribution is 0.0954. The predicted octanol–water partition coefficient (Wildman–Crippen LogP) is 3.77. The molecule has 144 valence electrons. The molecular formula is C21H26N2O4. The van der Waals surface area contributed by atoms with Crippen LogP contribution in [-0.4, -0.2) is 33.5 Å². The predicted molar refractivity (Wildman–Crippen MR) is 106 cm³/mol. The Hall–Kier alpha value is -3.02. The molecular weight excluding hydrogens is 344 g/mol. The van der Waals surface area contributed by atoms with Gasteiger partial charge in [0.1, 0.15) is 0 Å². The lowest BCUT2D eigenvalue weighted by atomic mass is 9.87. The van der Waals surface area contributed by atoms with Gasteiger partial charge in [-0.1, -0.05) is 45.0 Å². The van der Waals surface area contributed by atoms with E-state index in [1.807, 2.05) is 12.1 Å². The number of hydrazone groups is 1. The highest BCUT2D eigenvalue weighted by atomic mass is 16.5. The van der Waals surface area contributed by atoms with Gasteiger partial charge < -0.3 is 14.2 Å². The van der Waals surface area contributed by atoms with E-state index in [-0.39, 0.29) is 11.3 Å². The van der Waals surface area contributed by atoms with Crippen LogP contribution in [0.3, 0.4) is 0 Å². The van der Waals surface area contributed by atoms with Crippen LogP contribution >= 0.6 is 0 Å².